The van der Waals surface area contributed by atoms with Crippen molar-refractivity contribution in [3.8, 4) is 0 Å². The van der Waals surface area contributed by atoms with Crippen LogP contribution >= 0.6 is 34.8 Å². The van der Waals surface area contributed by atoms with E-state index in [1.807, 2.05) is 0 Å². The van der Waals surface area contributed by atoms with Crippen LogP contribution in [0.25, 0.3) is 0 Å². The summed E-state index contributed by atoms with van der Waals surface area (Å²) in [6.07, 6.45) is 0.948. The molecule has 0 aliphatic carbocycles. The van der Waals surface area contributed by atoms with Gasteiger partial charge in [-0.1, -0.05) is 37.0 Å². The van der Waals surface area contributed by atoms with Gasteiger partial charge in [0.05, 0.1) is 0 Å². The van der Waals surface area contributed by atoms with Crippen LogP contribution in [0.1, 0.15) is 26.7 Å². The van der Waals surface area contributed by atoms with E-state index in [-0.39, 0.29) is 0 Å². The monoisotopic (exact) mass is 203 g/mol. The van der Waals surface area contributed by atoms with Gasteiger partial charge >= 0.3 is 0 Å². The summed E-state index contributed by atoms with van der Waals surface area (Å²) in [5, 5.41) is 11.0. The third kappa shape index (κ3) is 2.16. The molecule has 4 heteroatoms. The Balaban J connectivity index is 4.33. The number of halogens is 3. The van der Waals surface area contributed by atoms with Crippen LogP contribution in [0, 0.1) is 0 Å². The fourth-order valence-corrected chi connectivity index (χ4v) is 1.20. The minimum Gasteiger partial charge on any atom is -0.192 e. The maximum absolute atomic E-state index is 11.0. The van der Waals surface area contributed by atoms with E-state index in [0.29, 0.717) is 12.8 Å². The molecule has 0 rings (SSSR count). The first-order valence-electron chi connectivity index (χ1n) is 3.14. The summed E-state index contributed by atoms with van der Waals surface area (Å²) < 4.78 is -2.09. The predicted molar refractivity (Wildman–Crippen MR) is 44.3 cm³/mol. The lowest BCUT2D eigenvalue weighted by atomic mass is 10.0. The second-order valence-corrected chi connectivity index (χ2v) is 4.17. The average Bonchev–Trinajstić information content (AvgIpc) is 1.84. The molecule has 1 radical (unpaired) electrons. The standard InChI is InChI=1S/C6H10Cl3O/c1-3-5(7,4-2)6(8,9)10/h3-4H2,1-2H3. The van der Waals surface area contributed by atoms with Crippen molar-refractivity contribution in [3.63, 3.8) is 0 Å². The molecular formula is C6H10Cl3O. The third-order valence-electron chi connectivity index (χ3n) is 1.64. The molecule has 0 aromatic heterocycles. The van der Waals surface area contributed by atoms with Gasteiger partial charge < -0.3 is 0 Å². The maximum atomic E-state index is 11.0. The Morgan fingerprint density at radius 1 is 1.10 bits per heavy atom. The highest BCUT2D eigenvalue weighted by Crippen LogP contribution is 2.42. The van der Waals surface area contributed by atoms with E-state index in [0.717, 1.165) is 0 Å². The van der Waals surface area contributed by atoms with E-state index in [1.54, 1.807) is 13.8 Å². The van der Waals surface area contributed by atoms with Gasteiger partial charge in [-0.05, 0) is 12.8 Å². The van der Waals surface area contributed by atoms with Crippen molar-refractivity contribution in [1.29, 1.82) is 0 Å². The molecule has 0 N–H and O–H groups in total. The second kappa shape index (κ2) is 3.48. The molecule has 0 aliphatic heterocycles. The van der Waals surface area contributed by atoms with Gasteiger partial charge in [0.1, 0.15) is 4.87 Å². The van der Waals surface area contributed by atoms with Gasteiger partial charge in [-0.25, -0.2) is 0 Å². The number of alkyl halides is 3. The Morgan fingerprint density at radius 2 is 1.40 bits per heavy atom. The Hall–Kier alpha value is 0.830. The van der Waals surface area contributed by atoms with Gasteiger partial charge in [0.2, 0.25) is 0 Å². The zero-order valence-corrected chi connectivity index (χ0v) is 8.22. The van der Waals surface area contributed by atoms with E-state index >= 15 is 0 Å². The van der Waals surface area contributed by atoms with Crippen LogP contribution in [0.2, 0.25) is 0 Å². The lowest BCUT2D eigenvalue weighted by molar-refractivity contribution is 0.0766. The average molecular weight is 205 g/mol. The van der Waals surface area contributed by atoms with Gasteiger partial charge in [-0.2, -0.15) is 5.11 Å². The summed E-state index contributed by atoms with van der Waals surface area (Å²) in [4.78, 5) is -1.03. The molecular weight excluding hydrogens is 194 g/mol. The van der Waals surface area contributed by atoms with Gasteiger partial charge in [0.15, 0.2) is 0 Å². The molecule has 0 aromatic carbocycles. The van der Waals surface area contributed by atoms with Crippen molar-refractivity contribution in [2.75, 3.05) is 0 Å². The van der Waals surface area contributed by atoms with Crippen LogP contribution in [0.3, 0.4) is 0 Å². The topological polar surface area (TPSA) is 19.9 Å². The van der Waals surface area contributed by atoms with Crippen LogP contribution < -0.4 is 0 Å². The highest BCUT2D eigenvalue weighted by molar-refractivity contribution is 6.52. The fraction of sp³-hybridized carbons (Fsp3) is 1.00. The zero-order valence-electron chi connectivity index (χ0n) is 5.96. The molecule has 0 saturated heterocycles. The Morgan fingerprint density at radius 3 is 1.40 bits per heavy atom. The van der Waals surface area contributed by atoms with Gasteiger partial charge in [0, 0.05) is 0 Å². The van der Waals surface area contributed by atoms with E-state index < -0.39 is 9.39 Å². The Kier molecular flexibility index (Phi) is 3.77. The van der Waals surface area contributed by atoms with Crippen molar-refractivity contribution in [3.05, 3.63) is 0 Å². The third-order valence-corrected chi connectivity index (χ3v) is 3.36. The number of hydrogen-bond donors (Lipinski definition) is 0. The quantitative estimate of drug-likeness (QED) is 0.629. The molecule has 0 aromatic rings. The molecule has 0 amide bonds. The molecule has 0 fully saturated rings. The molecule has 10 heavy (non-hydrogen) atoms. The first kappa shape index (κ1) is 10.8. The number of hydrogen-bond acceptors (Lipinski definition) is 0. The smallest absolute Gasteiger partial charge is 0.192 e. The summed E-state index contributed by atoms with van der Waals surface area (Å²) in [5.74, 6) is 0. The number of rotatable bonds is 3. The van der Waals surface area contributed by atoms with E-state index in [1.165, 1.54) is 0 Å². The Bertz CT molecular complexity index is 104. The van der Waals surface area contributed by atoms with Crippen LogP contribution in [-0.4, -0.2) is 9.39 Å². The maximum Gasteiger partial charge on any atom is 0.269 e. The van der Waals surface area contributed by atoms with Crippen molar-refractivity contribution >= 4 is 34.8 Å². The Labute approximate surface area is 76.3 Å². The second-order valence-electron chi connectivity index (χ2n) is 2.19. The van der Waals surface area contributed by atoms with Crippen molar-refractivity contribution < 1.29 is 5.11 Å². The van der Waals surface area contributed by atoms with E-state index in [2.05, 4.69) is 0 Å². The van der Waals surface area contributed by atoms with Crippen LogP contribution in [0.4, 0.5) is 0 Å². The SMILES string of the molecule is CCC(Cl)(CC)C([O])(Cl)Cl. The van der Waals surface area contributed by atoms with Crippen LogP contribution in [-0.2, 0) is 5.11 Å². The molecule has 0 spiro atoms. The first-order valence-corrected chi connectivity index (χ1v) is 4.28. The van der Waals surface area contributed by atoms with Gasteiger partial charge in [-0.15, -0.1) is 11.6 Å². The fourth-order valence-electron chi connectivity index (χ4n) is 0.662. The van der Waals surface area contributed by atoms with Crippen molar-refractivity contribution in [2.45, 2.75) is 36.1 Å². The summed E-state index contributed by atoms with van der Waals surface area (Å²) in [6, 6.07) is 0. The summed E-state index contributed by atoms with van der Waals surface area (Å²) >= 11 is 16.4. The molecule has 0 saturated carbocycles. The molecule has 1 nitrogen and oxygen atoms in total. The molecule has 61 valence electrons. The molecule has 0 unspecified atom stereocenters. The van der Waals surface area contributed by atoms with Crippen LogP contribution in [0.5, 0.6) is 0 Å². The molecule has 0 atom stereocenters. The van der Waals surface area contributed by atoms with Gasteiger partial charge in [-0.3, -0.25) is 0 Å². The minimum atomic E-state index is -2.09. The minimum absolute atomic E-state index is 0.474. The van der Waals surface area contributed by atoms with Crippen molar-refractivity contribution in [1.82, 2.24) is 0 Å². The van der Waals surface area contributed by atoms with E-state index in [4.69, 9.17) is 34.8 Å². The largest absolute Gasteiger partial charge is 0.269 e. The first-order chi connectivity index (χ1) is 4.37. The predicted octanol–water partition coefficient (Wildman–Crippen LogP) is 3.35. The zero-order chi connectivity index (χ0) is 8.41. The van der Waals surface area contributed by atoms with Crippen LogP contribution in [0.15, 0.2) is 0 Å². The highest BCUT2D eigenvalue weighted by Gasteiger charge is 2.45. The molecule has 0 bridgehead atoms. The summed E-state index contributed by atoms with van der Waals surface area (Å²) in [6.45, 7) is 3.57. The summed E-state index contributed by atoms with van der Waals surface area (Å²) in [7, 11) is 0. The lowest BCUT2D eigenvalue weighted by Crippen LogP contribution is -2.38. The highest BCUT2D eigenvalue weighted by atomic mass is 35.5. The van der Waals surface area contributed by atoms with Gasteiger partial charge in [0.25, 0.3) is 4.52 Å². The van der Waals surface area contributed by atoms with E-state index in [9.17, 15) is 5.11 Å². The molecule has 0 aliphatic rings. The molecule has 0 heterocycles. The normalized spacial score (nSPS) is 13.8. The lowest BCUT2D eigenvalue weighted by Gasteiger charge is -2.29. The van der Waals surface area contributed by atoms with Crippen molar-refractivity contribution in [2.24, 2.45) is 0 Å². The summed E-state index contributed by atoms with van der Waals surface area (Å²) in [5.41, 5.74) is 0.